The summed E-state index contributed by atoms with van der Waals surface area (Å²) in [5, 5.41) is 26.2. The number of carboxylic acids is 1. The van der Waals surface area contributed by atoms with Gasteiger partial charge in [-0.1, -0.05) is 12.1 Å². The molecule has 13 nitrogen and oxygen atoms in total. The number of rotatable bonds is 16. The Hall–Kier alpha value is -3.36. The number of hydrogen-bond acceptors (Lipinski definition) is 9. The van der Waals surface area contributed by atoms with E-state index in [0.717, 1.165) is 0 Å². The number of benzene rings is 1. The molecule has 4 amide bonds. The Morgan fingerprint density at radius 1 is 0.889 bits per heavy atom. The molecule has 200 valence electrons. The third-order valence-electron chi connectivity index (χ3n) is 5.14. The van der Waals surface area contributed by atoms with Crippen molar-refractivity contribution in [3.63, 3.8) is 0 Å². The number of carbonyl (C=O) groups is 5. The van der Waals surface area contributed by atoms with Gasteiger partial charge in [-0.2, -0.15) is 12.6 Å². The van der Waals surface area contributed by atoms with E-state index in [1.165, 1.54) is 24.3 Å². The third kappa shape index (κ3) is 10.9. The Kier molecular flexibility index (Phi) is 13.3. The van der Waals surface area contributed by atoms with Gasteiger partial charge in [0.05, 0.1) is 12.5 Å². The zero-order chi connectivity index (χ0) is 27.3. The van der Waals surface area contributed by atoms with Crippen LogP contribution in [0.5, 0.6) is 5.75 Å². The van der Waals surface area contributed by atoms with Crippen molar-refractivity contribution in [1.82, 2.24) is 16.0 Å². The lowest BCUT2D eigenvalue weighted by molar-refractivity contribution is -0.142. The van der Waals surface area contributed by atoms with Gasteiger partial charge in [0.25, 0.3) is 0 Å². The van der Waals surface area contributed by atoms with Crippen LogP contribution in [-0.4, -0.2) is 76.3 Å². The van der Waals surface area contributed by atoms with Gasteiger partial charge >= 0.3 is 5.97 Å². The van der Waals surface area contributed by atoms with E-state index in [2.05, 4.69) is 28.6 Å². The molecular formula is C22H34N6O7S. The molecule has 0 aromatic heterocycles. The summed E-state index contributed by atoms with van der Waals surface area (Å²) in [6.07, 6.45) is 0.499. The van der Waals surface area contributed by atoms with Crippen molar-refractivity contribution < 1.29 is 34.2 Å². The lowest BCUT2D eigenvalue weighted by Crippen LogP contribution is -2.58. The molecule has 0 aliphatic carbocycles. The van der Waals surface area contributed by atoms with Crippen molar-refractivity contribution in [3.8, 4) is 5.75 Å². The molecule has 0 aliphatic heterocycles. The molecule has 1 aromatic rings. The normalized spacial score (nSPS) is 14.1. The van der Waals surface area contributed by atoms with E-state index in [9.17, 15) is 34.2 Å². The van der Waals surface area contributed by atoms with Gasteiger partial charge in [-0.25, -0.2) is 4.79 Å². The number of carboxylic acid groups (broad SMARTS) is 1. The number of amides is 4. The second kappa shape index (κ2) is 15.6. The SMILES string of the molecule is NCCCCC(NC(=O)C(Cc1ccc(O)cc1)NC(=O)C(CC(N)=O)NC(=O)C(N)CS)C(=O)O. The minimum Gasteiger partial charge on any atom is -0.508 e. The maximum Gasteiger partial charge on any atom is 0.326 e. The number of hydrogen-bond donors (Lipinski definition) is 9. The summed E-state index contributed by atoms with van der Waals surface area (Å²) in [6.45, 7) is 0.365. The van der Waals surface area contributed by atoms with E-state index in [1.54, 1.807) is 0 Å². The molecule has 0 heterocycles. The highest BCUT2D eigenvalue weighted by Crippen LogP contribution is 2.12. The lowest BCUT2D eigenvalue weighted by atomic mass is 10.0. The Balaban J connectivity index is 3.13. The monoisotopic (exact) mass is 526 g/mol. The fourth-order valence-electron chi connectivity index (χ4n) is 3.14. The molecule has 0 radical (unpaired) electrons. The molecular weight excluding hydrogens is 492 g/mol. The van der Waals surface area contributed by atoms with Gasteiger partial charge in [0.15, 0.2) is 0 Å². The van der Waals surface area contributed by atoms with E-state index >= 15 is 0 Å². The highest BCUT2D eigenvalue weighted by molar-refractivity contribution is 7.80. The first kappa shape index (κ1) is 30.7. The van der Waals surface area contributed by atoms with Crippen molar-refractivity contribution in [1.29, 1.82) is 0 Å². The minimum atomic E-state index is -1.43. The molecule has 14 heteroatoms. The van der Waals surface area contributed by atoms with Gasteiger partial charge in [0.1, 0.15) is 23.9 Å². The van der Waals surface area contributed by atoms with Gasteiger partial charge in [-0.15, -0.1) is 0 Å². The molecule has 0 spiro atoms. The highest BCUT2D eigenvalue weighted by Gasteiger charge is 2.31. The fraction of sp³-hybridized carbons (Fsp3) is 0.500. The number of phenols is 1. The predicted molar refractivity (Wildman–Crippen MR) is 134 cm³/mol. The van der Waals surface area contributed by atoms with Crippen LogP contribution < -0.4 is 33.2 Å². The van der Waals surface area contributed by atoms with Crippen LogP contribution in [0.25, 0.3) is 0 Å². The number of thiol groups is 1. The van der Waals surface area contributed by atoms with Gasteiger partial charge in [0.2, 0.25) is 23.6 Å². The summed E-state index contributed by atoms with van der Waals surface area (Å²) in [6, 6.07) is 0.801. The average Bonchev–Trinajstić information content (AvgIpc) is 2.82. The number of nitrogens with two attached hydrogens (primary N) is 3. The quantitative estimate of drug-likeness (QED) is 0.0832. The molecule has 1 aromatic carbocycles. The van der Waals surface area contributed by atoms with Crippen LogP contribution in [0, 0.1) is 0 Å². The first-order valence-corrected chi connectivity index (χ1v) is 11.9. The fourth-order valence-corrected chi connectivity index (χ4v) is 3.31. The summed E-state index contributed by atoms with van der Waals surface area (Å²) in [5.74, 6) is -4.63. The molecule has 4 unspecified atom stereocenters. The topological polar surface area (TPSA) is 240 Å². The minimum absolute atomic E-state index is 0.0144. The van der Waals surface area contributed by atoms with Crippen LogP contribution in [0.15, 0.2) is 24.3 Å². The van der Waals surface area contributed by atoms with E-state index in [4.69, 9.17) is 17.2 Å². The molecule has 0 fully saturated rings. The summed E-state index contributed by atoms with van der Waals surface area (Å²) in [5.41, 5.74) is 16.8. The van der Waals surface area contributed by atoms with Gasteiger partial charge in [0, 0.05) is 12.2 Å². The molecule has 11 N–H and O–H groups in total. The number of carbonyl (C=O) groups excluding carboxylic acids is 4. The molecule has 0 saturated heterocycles. The van der Waals surface area contributed by atoms with Crippen molar-refractivity contribution in [2.24, 2.45) is 17.2 Å². The van der Waals surface area contributed by atoms with Crippen LogP contribution in [0.4, 0.5) is 0 Å². The molecule has 0 aliphatic rings. The van der Waals surface area contributed by atoms with Crippen LogP contribution >= 0.6 is 12.6 Å². The van der Waals surface area contributed by atoms with Crippen molar-refractivity contribution >= 4 is 42.2 Å². The number of primary amides is 1. The number of phenolic OH excluding ortho intramolecular Hbond substituents is 1. The highest BCUT2D eigenvalue weighted by atomic mass is 32.1. The number of unbranched alkanes of at least 4 members (excludes halogenated alkanes) is 1. The van der Waals surface area contributed by atoms with Crippen LogP contribution in [-0.2, 0) is 30.4 Å². The largest absolute Gasteiger partial charge is 0.508 e. The first-order chi connectivity index (χ1) is 17.0. The standard InChI is InChI=1S/C22H34N6O7S/c23-8-2-1-3-15(22(34)35)26-20(32)16(9-12-4-6-13(29)7-5-12)28-21(33)17(10-18(25)30)27-19(31)14(24)11-36/h4-7,14-17,29,36H,1-3,8-11,23-24H2,(H2,25,30)(H,26,32)(H,27,31)(H,28,33)(H,34,35). The molecule has 4 atom stereocenters. The Morgan fingerprint density at radius 3 is 1.97 bits per heavy atom. The van der Waals surface area contributed by atoms with Crippen molar-refractivity contribution in [2.45, 2.75) is 56.3 Å². The maximum absolute atomic E-state index is 13.0. The molecule has 1 rings (SSSR count). The zero-order valence-corrected chi connectivity index (χ0v) is 20.6. The number of nitrogens with one attached hydrogen (secondary N) is 3. The second-order valence-corrected chi connectivity index (χ2v) is 8.50. The summed E-state index contributed by atoms with van der Waals surface area (Å²) in [7, 11) is 0. The van der Waals surface area contributed by atoms with E-state index in [-0.39, 0.29) is 24.3 Å². The van der Waals surface area contributed by atoms with Crippen molar-refractivity contribution in [3.05, 3.63) is 29.8 Å². The zero-order valence-electron chi connectivity index (χ0n) is 19.7. The Morgan fingerprint density at radius 2 is 1.44 bits per heavy atom. The first-order valence-electron chi connectivity index (χ1n) is 11.2. The predicted octanol–water partition coefficient (Wildman–Crippen LogP) is -2.26. The van der Waals surface area contributed by atoms with Gasteiger partial charge < -0.3 is 43.4 Å². The number of aliphatic carboxylic acids is 1. The molecule has 0 saturated carbocycles. The smallest absolute Gasteiger partial charge is 0.326 e. The maximum atomic E-state index is 13.0. The summed E-state index contributed by atoms with van der Waals surface area (Å²) < 4.78 is 0. The van der Waals surface area contributed by atoms with E-state index < -0.39 is 60.2 Å². The van der Waals surface area contributed by atoms with E-state index in [0.29, 0.717) is 24.9 Å². The van der Waals surface area contributed by atoms with Gasteiger partial charge in [-0.05, 0) is 43.5 Å². The van der Waals surface area contributed by atoms with Crippen molar-refractivity contribution in [2.75, 3.05) is 12.3 Å². The Labute approximate surface area is 213 Å². The lowest BCUT2D eigenvalue weighted by Gasteiger charge is -2.25. The van der Waals surface area contributed by atoms with E-state index in [1.807, 2.05) is 0 Å². The molecule has 36 heavy (non-hydrogen) atoms. The van der Waals surface area contributed by atoms with Crippen LogP contribution in [0.3, 0.4) is 0 Å². The second-order valence-electron chi connectivity index (χ2n) is 8.14. The van der Waals surface area contributed by atoms with Crippen LogP contribution in [0.1, 0.15) is 31.2 Å². The third-order valence-corrected chi connectivity index (χ3v) is 5.54. The summed E-state index contributed by atoms with van der Waals surface area (Å²) >= 11 is 3.92. The van der Waals surface area contributed by atoms with Gasteiger partial charge in [-0.3, -0.25) is 19.2 Å². The number of aromatic hydroxyl groups is 1. The Bertz CT molecular complexity index is 915. The summed E-state index contributed by atoms with van der Waals surface area (Å²) in [4.78, 5) is 61.3. The molecule has 0 bridgehead atoms. The van der Waals surface area contributed by atoms with Crippen LogP contribution in [0.2, 0.25) is 0 Å². The average molecular weight is 527 g/mol.